The van der Waals surface area contributed by atoms with Crippen molar-refractivity contribution in [2.24, 2.45) is 0 Å². The summed E-state index contributed by atoms with van der Waals surface area (Å²) in [7, 11) is 6.00. The van der Waals surface area contributed by atoms with Crippen molar-refractivity contribution >= 4 is 0 Å². The zero-order chi connectivity index (χ0) is 18.9. The highest BCUT2D eigenvalue weighted by molar-refractivity contribution is 5.42. The summed E-state index contributed by atoms with van der Waals surface area (Å²) in [5.41, 5.74) is 5.09. The van der Waals surface area contributed by atoms with Crippen LogP contribution in [0.1, 0.15) is 34.6 Å². The van der Waals surface area contributed by atoms with Crippen molar-refractivity contribution in [3.8, 4) is 0 Å². The summed E-state index contributed by atoms with van der Waals surface area (Å²) in [5, 5.41) is 12.1. The molecule has 1 atom stereocenters. The van der Waals surface area contributed by atoms with Crippen LogP contribution in [0, 0.1) is 5.82 Å². The fourth-order valence-corrected chi connectivity index (χ4v) is 3.37. The first kappa shape index (κ1) is 20.6. The predicted octanol–water partition coefficient (Wildman–Crippen LogP) is 3.21. The highest BCUT2D eigenvalue weighted by Crippen LogP contribution is 2.34. The Labute approximate surface area is 156 Å². The molecule has 4 heteroatoms. The standard InChI is InChI=1S/C19H22FNO.C3H9N/c20-18-6-5-14-11-15-3-1-2-4-19(15)16(12-17(14)13-18)7-8-21-9-10-22;1-4(2)3/h1-6,13,16,21-22H,7-12H2;1-3H3/t16-;/m0./s1. The number of benzene rings is 2. The number of aliphatic hydroxyl groups excluding tert-OH is 1. The zero-order valence-corrected chi connectivity index (χ0v) is 16.1. The molecule has 0 aromatic heterocycles. The highest BCUT2D eigenvalue weighted by atomic mass is 19.1. The van der Waals surface area contributed by atoms with Crippen molar-refractivity contribution in [3.63, 3.8) is 0 Å². The van der Waals surface area contributed by atoms with E-state index in [0.29, 0.717) is 12.5 Å². The average molecular weight is 359 g/mol. The van der Waals surface area contributed by atoms with Crippen molar-refractivity contribution in [2.75, 3.05) is 40.8 Å². The molecule has 0 aliphatic heterocycles. The minimum absolute atomic E-state index is 0.151. The van der Waals surface area contributed by atoms with Crippen LogP contribution in [0.15, 0.2) is 42.5 Å². The largest absolute Gasteiger partial charge is 0.395 e. The Kier molecular flexibility index (Phi) is 8.23. The monoisotopic (exact) mass is 358 g/mol. The van der Waals surface area contributed by atoms with Crippen LogP contribution in [0.3, 0.4) is 0 Å². The van der Waals surface area contributed by atoms with Gasteiger partial charge in [0.2, 0.25) is 0 Å². The van der Waals surface area contributed by atoms with Gasteiger partial charge in [0.05, 0.1) is 6.61 Å². The molecular formula is C22H31FN2O. The van der Waals surface area contributed by atoms with Crippen molar-refractivity contribution in [2.45, 2.75) is 25.2 Å². The number of hydrogen-bond acceptors (Lipinski definition) is 3. The summed E-state index contributed by atoms with van der Waals surface area (Å²) in [4.78, 5) is 2.00. The van der Waals surface area contributed by atoms with Gasteiger partial charge in [-0.15, -0.1) is 0 Å². The Morgan fingerprint density at radius 2 is 1.77 bits per heavy atom. The number of hydrogen-bond donors (Lipinski definition) is 2. The molecule has 1 aliphatic rings. The molecule has 26 heavy (non-hydrogen) atoms. The van der Waals surface area contributed by atoms with E-state index in [1.54, 1.807) is 12.1 Å². The first-order chi connectivity index (χ1) is 12.5. The van der Waals surface area contributed by atoms with Crippen LogP contribution in [0.25, 0.3) is 0 Å². The maximum absolute atomic E-state index is 13.6. The van der Waals surface area contributed by atoms with Gasteiger partial charge in [-0.2, -0.15) is 0 Å². The topological polar surface area (TPSA) is 35.5 Å². The Morgan fingerprint density at radius 1 is 1.04 bits per heavy atom. The summed E-state index contributed by atoms with van der Waals surface area (Å²) in [6.07, 6.45) is 2.75. The Balaban J connectivity index is 0.000000552. The van der Waals surface area contributed by atoms with Crippen LogP contribution in [-0.2, 0) is 12.8 Å². The van der Waals surface area contributed by atoms with Gasteiger partial charge in [-0.1, -0.05) is 30.3 Å². The van der Waals surface area contributed by atoms with E-state index < -0.39 is 0 Å². The summed E-state index contributed by atoms with van der Waals surface area (Å²) in [6.45, 7) is 1.65. The van der Waals surface area contributed by atoms with Crippen LogP contribution in [-0.4, -0.2) is 50.8 Å². The lowest BCUT2D eigenvalue weighted by molar-refractivity contribution is 0.291. The fraction of sp³-hybridized carbons (Fsp3) is 0.455. The second-order valence-corrected chi connectivity index (χ2v) is 7.29. The molecule has 1 aliphatic carbocycles. The summed E-state index contributed by atoms with van der Waals surface area (Å²) in [6, 6.07) is 13.7. The summed E-state index contributed by atoms with van der Waals surface area (Å²) < 4.78 is 13.6. The molecule has 0 radical (unpaired) electrons. The van der Waals surface area contributed by atoms with Crippen LogP contribution >= 0.6 is 0 Å². The maximum atomic E-state index is 13.6. The number of nitrogens with zero attached hydrogens (tertiary/aromatic N) is 1. The predicted molar refractivity (Wildman–Crippen MR) is 106 cm³/mol. The van der Waals surface area contributed by atoms with E-state index in [2.05, 4.69) is 29.6 Å². The SMILES string of the molecule is CN(C)C.OCCNCC[C@H]1Cc2cc(F)ccc2Cc2ccccc21. The van der Waals surface area contributed by atoms with Crippen molar-refractivity contribution in [1.82, 2.24) is 10.2 Å². The van der Waals surface area contributed by atoms with E-state index >= 15 is 0 Å². The third-order valence-corrected chi connectivity index (χ3v) is 4.47. The van der Waals surface area contributed by atoms with Crippen LogP contribution in [0.2, 0.25) is 0 Å². The van der Waals surface area contributed by atoms with Crippen molar-refractivity contribution in [1.29, 1.82) is 0 Å². The Hall–Kier alpha value is -1.75. The molecule has 0 unspecified atom stereocenters. The van der Waals surface area contributed by atoms with Gasteiger partial charge in [0, 0.05) is 6.54 Å². The van der Waals surface area contributed by atoms with Gasteiger partial charge in [-0.25, -0.2) is 4.39 Å². The van der Waals surface area contributed by atoms with Gasteiger partial charge in [-0.3, -0.25) is 0 Å². The lowest BCUT2D eigenvalue weighted by Gasteiger charge is -2.18. The maximum Gasteiger partial charge on any atom is 0.123 e. The average Bonchev–Trinajstić information content (AvgIpc) is 2.74. The molecule has 0 amide bonds. The van der Waals surface area contributed by atoms with Crippen LogP contribution in [0.5, 0.6) is 0 Å². The molecule has 0 fully saturated rings. The number of nitrogens with one attached hydrogen (secondary N) is 1. The third kappa shape index (κ3) is 6.20. The molecule has 0 saturated carbocycles. The zero-order valence-electron chi connectivity index (χ0n) is 16.1. The van der Waals surface area contributed by atoms with Gasteiger partial charge in [0.1, 0.15) is 5.82 Å². The molecule has 142 valence electrons. The second-order valence-electron chi connectivity index (χ2n) is 7.29. The molecule has 0 spiro atoms. The van der Waals surface area contributed by atoms with E-state index in [1.165, 1.54) is 16.7 Å². The number of halogens is 1. The second kappa shape index (κ2) is 10.4. The third-order valence-electron chi connectivity index (χ3n) is 4.47. The lowest BCUT2D eigenvalue weighted by atomic mass is 9.89. The molecule has 3 rings (SSSR count). The van der Waals surface area contributed by atoms with Crippen molar-refractivity contribution in [3.05, 3.63) is 70.5 Å². The molecule has 3 nitrogen and oxygen atoms in total. The Morgan fingerprint density at radius 3 is 2.50 bits per heavy atom. The lowest BCUT2D eigenvalue weighted by Crippen LogP contribution is -2.21. The minimum atomic E-state index is -0.151. The minimum Gasteiger partial charge on any atom is -0.395 e. The quantitative estimate of drug-likeness (QED) is 0.806. The summed E-state index contributed by atoms with van der Waals surface area (Å²) >= 11 is 0. The van der Waals surface area contributed by atoms with Crippen LogP contribution < -0.4 is 5.32 Å². The first-order valence-corrected chi connectivity index (χ1v) is 9.29. The first-order valence-electron chi connectivity index (χ1n) is 9.29. The molecule has 2 N–H and O–H groups in total. The van der Waals surface area contributed by atoms with E-state index in [9.17, 15) is 4.39 Å². The highest BCUT2D eigenvalue weighted by Gasteiger charge is 2.21. The molecule has 2 aromatic carbocycles. The number of rotatable bonds is 5. The normalized spacial score (nSPS) is 15.5. The van der Waals surface area contributed by atoms with Gasteiger partial charge in [0.15, 0.2) is 0 Å². The smallest absolute Gasteiger partial charge is 0.123 e. The Bertz CT molecular complexity index is 685. The van der Waals surface area contributed by atoms with Gasteiger partial charge in [0.25, 0.3) is 0 Å². The molecule has 0 saturated heterocycles. The van der Waals surface area contributed by atoms with E-state index in [1.807, 2.05) is 32.1 Å². The summed E-state index contributed by atoms with van der Waals surface area (Å²) in [5.74, 6) is 0.243. The van der Waals surface area contributed by atoms with E-state index in [4.69, 9.17) is 5.11 Å². The molecule has 0 bridgehead atoms. The fourth-order valence-electron chi connectivity index (χ4n) is 3.37. The van der Waals surface area contributed by atoms with E-state index in [0.717, 1.165) is 31.4 Å². The van der Waals surface area contributed by atoms with Gasteiger partial charge in [-0.05, 0) is 87.3 Å². The van der Waals surface area contributed by atoms with Gasteiger partial charge >= 0.3 is 0 Å². The molecular weight excluding hydrogens is 327 g/mol. The number of aliphatic hydroxyl groups is 1. The van der Waals surface area contributed by atoms with Crippen molar-refractivity contribution < 1.29 is 9.50 Å². The number of fused-ring (bicyclic) bond motifs is 2. The molecule has 0 heterocycles. The molecule has 2 aromatic rings. The van der Waals surface area contributed by atoms with Gasteiger partial charge < -0.3 is 15.3 Å². The van der Waals surface area contributed by atoms with E-state index in [-0.39, 0.29) is 12.4 Å². The van der Waals surface area contributed by atoms with Crippen LogP contribution in [0.4, 0.5) is 4.39 Å².